The van der Waals surface area contributed by atoms with Crippen LogP contribution in [-0.2, 0) is 0 Å². The van der Waals surface area contributed by atoms with Crippen molar-refractivity contribution in [3.63, 3.8) is 0 Å². The molecule has 2 aromatic rings. The fourth-order valence-electron chi connectivity index (χ4n) is 2.66. The van der Waals surface area contributed by atoms with Crippen molar-refractivity contribution in [1.29, 1.82) is 0 Å². The van der Waals surface area contributed by atoms with Crippen LogP contribution in [0.4, 0.5) is 0 Å². The maximum absolute atomic E-state index is 6.53. The quantitative estimate of drug-likeness (QED) is 0.932. The molecule has 0 fully saturated rings. The van der Waals surface area contributed by atoms with Crippen LogP contribution in [0.5, 0.6) is 11.5 Å². The second kappa shape index (κ2) is 6.19. The first-order valence-electron chi connectivity index (χ1n) is 7.03. The minimum Gasteiger partial charge on any atom is -0.496 e. The molecular formula is C18H23NO2. The highest BCUT2D eigenvalue weighted by molar-refractivity contribution is 5.52. The minimum absolute atomic E-state index is 0.282. The average molecular weight is 285 g/mol. The van der Waals surface area contributed by atoms with Gasteiger partial charge in [-0.2, -0.15) is 0 Å². The van der Waals surface area contributed by atoms with Gasteiger partial charge in [-0.05, 0) is 55.2 Å². The number of rotatable bonds is 4. The Bertz CT molecular complexity index is 628. The van der Waals surface area contributed by atoms with Crippen LogP contribution in [0.1, 0.15) is 33.9 Å². The third-order valence-corrected chi connectivity index (χ3v) is 3.99. The van der Waals surface area contributed by atoms with Crippen LogP contribution in [0.3, 0.4) is 0 Å². The molecule has 21 heavy (non-hydrogen) atoms. The molecule has 0 radical (unpaired) electrons. The highest BCUT2D eigenvalue weighted by Gasteiger charge is 2.21. The Balaban J connectivity index is 2.59. The van der Waals surface area contributed by atoms with E-state index in [1.165, 1.54) is 16.7 Å². The Kier molecular flexibility index (Phi) is 4.53. The van der Waals surface area contributed by atoms with Gasteiger partial charge in [0, 0.05) is 0 Å². The SMILES string of the molecule is COc1cccc(OC)c1C(N)c1cc(C)c(C)cc1C. The molecule has 0 bridgehead atoms. The van der Waals surface area contributed by atoms with Gasteiger partial charge < -0.3 is 15.2 Å². The summed E-state index contributed by atoms with van der Waals surface area (Å²) in [6.07, 6.45) is 0. The Morgan fingerprint density at radius 2 is 1.38 bits per heavy atom. The van der Waals surface area contributed by atoms with Gasteiger partial charge in [-0.1, -0.05) is 18.2 Å². The van der Waals surface area contributed by atoms with Gasteiger partial charge in [0.25, 0.3) is 0 Å². The molecule has 0 aliphatic rings. The first-order chi connectivity index (χ1) is 9.99. The van der Waals surface area contributed by atoms with E-state index in [4.69, 9.17) is 15.2 Å². The Labute approximate surface area is 126 Å². The lowest BCUT2D eigenvalue weighted by Gasteiger charge is -2.21. The van der Waals surface area contributed by atoms with Crippen molar-refractivity contribution < 1.29 is 9.47 Å². The molecule has 0 aliphatic heterocycles. The van der Waals surface area contributed by atoms with Crippen molar-refractivity contribution in [3.05, 3.63) is 58.1 Å². The largest absolute Gasteiger partial charge is 0.496 e. The Hall–Kier alpha value is -2.00. The summed E-state index contributed by atoms with van der Waals surface area (Å²) in [6.45, 7) is 6.30. The third kappa shape index (κ3) is 2.88. The van der Waals surface area contributed by atoms with Crippen molar-refractivity contribution in [2.45, 2.75) is 26.8 Å². The summed E-state index contributed by atoms with van der Waals surface area (Å²) in [5, 5.41) is 0. The van der Waals surface area contributed by atoms with Crippen molar-refractivity contribution in [2.24, 2.45) is 5.73 Å². The van der Waals surface area contributed by atoms with E-state index >= 15 is 0 Å². The zero-order chi connectivity index (χ0) is 15.6. The molecule has 1 atom stereocenters. The lowest BCUT2D eigenvalue weighted by molar-refractivity contribution is 0.382. The molecule has 0 amide bonds. The van der Waals surface area contributed by atoms with Crippen molar-refractivity contribution >= 4 is 0 Å². The van der Waals surface area contributed by atoms with Crippen molar-refractivity contribution in [2.75, 3.05) is 14.2 Å². The number of methoxy groups -OCH3 is 2. The number of benzene rings is 2. The molecule has 0 spiro atoms. The summed E-state index contributed by atoms with van der Waals surface area (Å²) < 4.78 is 10.9. The van der Waals surface area contributed by atoms with Gasteiger partial charge in [0.2, 0.25) is 0 Å². The smallest absolute Gasteiger partial charge is 0.127 e. The first kappa shape index (κ1) is 15.4. The van der Waals surface area contributed by atoms with Crippen molar-refractivity contribution in [1.82, 2.24) is 0 Å². The van der Waals surface area contributed by atoms with E-state index < -0.39 is 0 Å². The monoisotopic (exact) mass is 285 g/mol. The van der Waals surface area contributed by atoms with Gasteiger partial charge >= 0.3 is 0 Å². The van der Waals surface area contributed by atoms with Crippen LogP contribution < -0.4 is 15.2 Å². The fraction of sp³-hybridized carbons (Fsp3) is 0.333. The zero-order valence-corrected chi connectivity index (χ0v) is 13.4. The summed E-state index contributed by atoms with van der Waals surface area (Å²) in [6, 6.07) is 9.77. The van der Waals surface area contributed by atoms with E-state index in [0.29, 0.717) is 0 Å². The molecule has 3 heteroatoms. The molecule has 0 saturated carbocycles. The van der Waals surface area contributed by atoms with Gasteiger partial charge in [0.05, 0.1) is 25.8 Å². The van der Waals surface area contributed by atoms with Gasteiger partial charge in [-0.25, -0.2) is 0 Å². The topological polar surface area (TPSA) is 44.5 Å². The van der Waals surface area contributed by atoms with Crippen LogP contribution in [0.15, 0.2) is 30.3 Å². The number of hydrogen-bond donors (Lipinski definition) is 1. The maximum atomic E-state index is 6.53. The molecule has 0 saturated heterocycles. The predicted molar refractivity (Wildman–Crippen MR) is 86.2 cm³/mol. The molecular weight excluding hydrogens is 262 g/mol. The van der Waals surface area contributed by atoms with Crippen LogP contribution in [0, 0.1) is 20.8 Å². The number of aryl methyl sites for hydroxylation is 3. The fourth-order valence-corrected chi connectivity index (χ4v) is 2.66. The molecule has 112 valence electrons. The molecule has 2 aromatic carbocycles. The number of nitrogens with two attached hydrogens (primary N) is 1. The van der Waals surface area contributed by atoms with E-state index in [1.54, 1.807) is 14.2 Å². The summed E-state index contributed by atoms with van der Waals surface area (Å²) in [4.78, 5) is 0. The zero-order valence-electron chi connectivity index (χ0n) is 13.4. The lowest BCUT2D eigenvalue weighted by Crippen LogP contribution is -2.16. The van der Waals surface area contributed by atoms with E-state index in [2.05, 4.69) is 32.9 Å². The van der Waals surface area contributed by atoms with Crippen LogP contribution in [0.25, 0.3) is 0 Å². The van der Waals surface area contributed by atoms with E-state index in [0.717, 1.165) is 22.6 Å². The van der Waals surface area contributed by atoms with Crippen LogP contribution in [-0.4, -0.2) is 14.2 Å². The highest BCUT2D eigenvalue weighted by atomic mass is 16.5. The lowest BCUT2D eigenvalue weighted by atomic mass is 9.91. The molecule has 1 unspecified atom stereocenters. The second-order valence-electron chi connectivity index (χ2n) is 5.35. The average Bonchev–Trinajstić information content (AvgIpc) is 2.49. The van der Waals surface area contributed by atoms with Gasteiger partial charge in [0.15, 0.2) is 0 Å². The molecule has 0 aromatic heterocycles. The van der Waals surface area contributed by atoms with Gasteiger partial charge in [-0.15, -0.1) is 0 Å². The molecule has 0 heterocycles. The van der Waals surface area contributed by atoms with Crippen LogP contribution >= 0.6 is 0 Å². The van der Waals surface area contributed by atoms with E-state index in [1.807, 2.05) is 18.2 Å². The number of hydrogen-bond acceptors (Lipinski definition) is 3. The molecule has 2 N–H and O–H groups in total. The van der Waals surface area contributed by atoms with E-state index in [-0.39, 0.29) is 6.04 Å². The molecule has 2 rings (SSSR count). The van der Waals surface area contributed by atoms with Crippen molar-refractivity contribution in [3.8, 4) is 11.5 Å². The van der Waals surface area contributed by atoms with Gasteiger partial charge in [-0.3, -0.25) is 0 Å². The van der Waals surface area contributed by atoms with E-state index in [9.17, 15) is 0 Å². The number of ether oxygens (including phenoxy) is 2. The third-order valence-electron chi connectivity index (χ3n) is 3.99. The highest BCUT2D eigenvalue weighted by Crippen LogP contribution is 2.37. The molecule has 3 nitrogen and oxygen atoms in total. The molecule has 0 aliphatic carbocycles. The maximum Gasteiger partial charge on any atom is 0.127 e. The standard InChI is InChI=1S/C18H23NO2/c1-11-9-13(3)14(10-12(11)2)18(19)17-15(20-4)7-6-8-16(17)21-5/h6-10,18H,19H2,1-5H3. The summed E-state index contributed by atoms with van der Waals surface area (Å²) >= 11 is 0. The first-order valence-corrected chi connectivity index (χ1v) is 7.03. The second-order valence-corrected chi connectivity index (χ2v) is 5.35. The summed E-state index contributed by atoms with van der Waals surface area (Å²) in [7, 11) is 3.30. The Morgan fingerprint density at radius 3 is 1.90 bits per heavy atom. The Morgan fingerprint density at radius 1 is 0.857 bits per heavy atom. The van der Waals surface area contributed by atoms with Crippen LogP contribution in [0.2, 0.25) is 0 Å². The predicted octanol–water partition coefficient (Wildman–Crippen LogP) is 3.68. The normalized spacial score (nSPS) is 12.1. The summed E-state index contributed by atoms with van der Waals surface area (Å²) in [5.41, 5.74) is 12.2. The van der Waals surface area contributed by atoms with Gasteiger partial charge in [0.1, 0.15) is 11.5 Å². The minimum atomic E-state index is -0.282. The summed E-state index contributed by atoms with van der Waals surface area (Å²) in [5.74, 6) is 1.50.